The summed E-state index contributed by atoms with van der Waals surface area (Å²) in [5, 5.41) is 19.8. The Balaban J connectivity index is 0.967. The van der Waals surface area contributed by atoms with Gasteiger partial charge >= 0.3 is 0 Å². The highest BCUT2D eigenvalue weighted by Crippen LogP contribution is 2.38. The van der Waals surface area contributed by atoms with Gasteiger partial charge in [0.25, 0.3) is 5.56 Å². The van der Waals surface area contributed by atoms with E-state index in [1.807, 2.05) is 72.8 Å². The Kier molecular flexibility index (Phi) is 8.79. The van der Waals surface area contributed by atoms with Crippen LogP contribution in [0, 0.1) is 0 Å². The van der Waals surface area contributed by atoms with Crippen LogP contribution in [0.4, 0.5) is 17.2 Å². The van der Waals surface area contributed by atoms with E-state index in [2.05, 4.69) is 42.3 Å². The number of fused-ring (bicyclic) bond motifs is 2. The number of hydrogen-bond donors (Lipinski definition) is 3. The number of β-amino-alcohol motifs (C(OH)–C–C–N with tert-alkyl or cyclic N) is 1. The van der Waals surface area contributed by atoms with Crippen molar-refractivity contribution in [1.29, 1.82) is 0 Å². The summed E-state index contributed by atoms with van der Waals surface area (Å²) in [4.78, 5) is 28.4. The highest BCUT2D eigenvalue weighted by molar-refractivity contribution is 7.18. The number of nitrogens with zero attached hydrogens (tertiary/aromatic N) is 7. The Bertz CT molecular complexity index is 2130. The monoisotopic (exact) mass is 689 g/mol. The first-order chi connectivity index (χ1) is 24.4. The van der Waals surface area contributed by atoms with Crippen LogP contribution in [-0.4, -0.2) is 73.1 Å². The second-order valence-electron chi connectivity index (χ2n) is 13.0. The van der Waals surface area contributed by atoms with Gasteiger partial charge in [0, 0.05) is 29.7 Å². The van der Waals surface area contributed by atoms with Crippen LogP contribution < -0.4 is 26.2 Å². The molecule has 13 heteroatoms. The predicted octanol–water partition coefficient (Wildman–Crippen LogP) is 4.29. The first-order valence-electron chi connectivity index (χ1n) is 16.9. The van der Waals surface area contributed by atoms with Crippen LogP contribution in [0.25, 0.3) is 16.0 Å². The standard InChI is InChI=1S/C37H39N9O3S/c38-34-36(47)46(29-11-12-33-31(19-29)45(17-18-49-33)28-9-5-2-6-10-28)32-20-30(50-35(32)42-34)21-40-27-13-15-43(16-14-27)22-37(48,23-44-25-39-24-41-44)26-7-3-1-4-8-26/h1-12,19-20,24-25,27,40,48H,13-18,21-23H2,(H2,38,42)/t37-/m1/s1. The van der Waals surface area contributed by atoms with E-state index in [0.717, 1.165) is 63.8 Å². The molecule has 4 N–H and O–H groups in total. The van der Waals surface area contributed by atoms with Gasteiger partial charge in [-0.2, -0.15) is 5.10 Å². The molecule has 256 valence electrons. The van der Waals surface area contributed by atoms with E-state index >= 15 is 0 Å². The molecule has 2 aliphatic rings. The molecule has 5 heterocycles. The smallest absolute Gasteiger partial charge is 0.298 e. The molecule has 8 rings (SSSR count). The zero-order valence-corrected chi connectivity index (χ0v) is 28.4. The number of piperidine rings is 1. The van der Waals surface area contributed by atoms with E-state index in [0.29, 0.717) is 44.5 Å². The summed E-state index contributed by atoms with van der Waals surface area (Å²) in [6.07, 6.45) is 5.03. The van der Waals surface area contributed by atoms with E-state index in [9.17, 15) is 9.90 Å². The Labute approximate surface area is 293 Å². The first-order valence-corrected chi connectivity index (χ1v) is 17.7. The molecule has 0 saturated carbocycles. The third-order valence-electron chi connectivity index (χ3n) is 9.60. The maximum absolute atomic E-state index is 13.5. The van der Waals surface area contributed by atoms with Gasteiger partial charge in [0.1, 0.15) is 35.4 Å². The van der Waals surface area contributed by atoms with Gasteiger partial charge in [-0.05, 0) is 67.9 Å². The summed E-state index contributed by atoms with van der Waals surface area (Å²) >= 11 is 1.55. The number of nitrogen functional groups attached to an aromatic ring is 1. The number of thiophene rings is 1. The van der Waals surface area contributed by atoms with Gasteiger partial charge in [0.15, 0.2) is 5.82 Å². The number of nitrogens with one attached hydrogen (secondary N) is 1. The molecule has 0 aliphatic carbocycles. The van der Waals surface area contributed by atoms with E-state index < -0.39 is 5.60 Å². The second kappa shape index (κ2) is 13.7. The number of aromatic nitrogens is 5. The lowest BCUT2D eigenvalue weighted by molar-refractivity contribution is -0.0246. The molecular weight excluding hydrogens is 651 g/mol. The number of rotatable bonds is 10. The molecule has 0 radical (unpaired) electrons. The number of likely N-dealkylation sites (tertiary alicyclic amines) is 1. The van der Waals surface area contributed by atoms with Crippen molar-refractivity contribution in [3.63, 3.8) is 0 Å². The summed E-state index contributed by atoms with van der Waals surface area (Å²) in [5.74, 6) is 0.746. The number of hydrogen-bond acceptors (Lipinski definition) is 11. The quantitative estimate of drug-likeness (QED) is 0.191. The third-order valence-corrected chi connectivity index (χ3v) is 10.6. The number of para-hydroxylation sites is 1. The summed E-state index contributed by atoms with van der Waals surface area (Å²) in [7, 11) is 0. The fourth-order valence-electron chi connectivity index (χ4n) is 7.08. The molecule has 6 aromatic rings. The maximum atomic E-state index is 13.5. The fraction of sp³-hybridized carbons (Fsp3) is 0.297. The van der Waals surface area contributed by atoms with Crippen LogP contribution in [0.3, 0.4) is 0 Å². The predicted molar refractivity (Wildman–Crippen MR) is 195 cm³/mol. The molecule has 0 amide bonds. The Hall–Kier alpha value is -5.08. The number of anilines is 3. The van der Waals surface area contributed by atoms with E-state index in [-0.39, 0.29) is 11.4 Å². The van der Waals surface area contributed by atoms with Crippen LogP contribution in [0.1, 0.15) is 23.3 Å². The van der Waals surface area contributed by atoms with Gasteiger partial charge in [-0.1, -0.05) is 48.5 Å². The number of aliphatic hydroxyl groups is 1. The molecule has 0 unspecified atom stereocenters. The van der Waals surface area contributed by atoms with E-state index in [4.69, 9.17) is 10.5 Å². The Morgan fingerprint density at radius 3 is 2.50 bits per heavy atom. The summed E-state index contributed by atoms with van der Waals surface area (Å²) in [5.41, 5.74) is 9.03. The van der Waals surface area contributed by atoms with Crippen LogP contribution in [0.2, 0.25) is 0 Å². The topological polar surface area (TPSA) is 140 Å². The van der Waals surface area contributed by atoms with Crippen LogP contribution >= 0.6 is 11.3 Å². The van der Waals surface area contributed by atoms with Gasteiger partial charge in [-0.3, -0.25) is 14.3 Å². The van der Waals surface area contributed by atoms with Gasteiger partial charge < -0.3 is 25.8 Å². The van der Waals surface area contributed by atoms with Crippen molar-refractivity contribution in [2.75, 3.05) is 43.4 Å². The number of benzene rings is 3. The average molecular weight is 690 g/mol. The Morgan fingerprint density at radius 1 is 0.960 bits per heavy atom. The van der Waals surface area contributed by atoms with Crippen molar-refractivity contribution in [1.82, 2.24) is 34.5 Å². The van der Waals surface area contributed by atoms with Crippen molar-refractivity contribution in [3.05, 3.63) is 118 Å². The lowest BCUT2D eigenvalue weighted by atomic mass is 9.92. The van der Waals surface area contributed by atoms with Crippen LogP contribution in [0.15, 0.2) is 102 Å². The minimum absolute atomic E-state index is 0.0283. The molecular formula is C37H39N9O3S. The lowest BCUT2D eigenvalue weighted by Crippen LogP contribution is -2.49. The van der Waals surface area contributed by atoms with Crippen molar-refractivity contribution in [3.8, 4) is 11.4 Å². The molecule has 50 heavy (non-hydrogen) atoms. The molecule has 0 bridgehead atoms. The third kappa shape index (κ3) is 6.48. The second-order valence-corrected chi connectivity index (χ2v) is 14.1. The van der Waals surface area contributed by atoms with Gasteiger partial charge in [0.2, 0.25) is 0 Å². The number of ether oxygens (including phenoxy) is 1. The minimum Gasteiger partial charge on any atom is -0.490 e. The first kappa shape index (κ1) is 32.1. The highest BCUT2D eigenvalue weighted by Gasteiger charge is 2.34. The molecule has 3 aromatic heterocycles. The molecule has 0 spiro atoms. The lowest BCUT2D eigenvalue weighted by Gasteiger charge is -2.38. The summed E-state index contributed by atoms with van der Waals surface area (Å²) in [6.45, 7) is 4.48. The highest BCUT2D eigenvalue weighted by atomic mass is 32.1. The number of nitrogens with two attached hydrogens (primary N) is 1. The molecule has 1 fully saturated rings. The average Bonchev–Trinajstić information content (AvgIpc) is 3.81. The van der Waals surface area contributed by atoms with Crippen molar-refractivity contribution < 1.29 is 9.84 Å². The normalized spacial score (nSPS) is 16.6. The molecule has 2 aliphatic heterocycles. The molecule has 3 aromatic carbocycles. The van der Waals surface area contributed by atoms with E-state index in [1.54, 1.807) is 26.9 Å². The zero-order chi connectivity index (χ0) is 34.1. The zero-order valence-electron chi connectivity index (χ0n) is 27.6. The van der Waals surface area contributed by atoms with Crippen molar-refractivity contribution >= 4 is 38.9 Å². The van der Waals surface area contributed by atoms with E-state index in [1.165, 1.54) is 6.33 Å². The van der Waals surface area contributed by atoms with Crippen molar-refractivity contribution in [2.45, 2.75) is 37.6 Å². The maximum Gasteiger partial charge on any atom is 0.298 e. The molecule has 1 saturated heterocycles. The van der Waals surface area contributed by atoms with Crippen molar-refractivity contribution in [2.24, 2.45) is 0 Å². The Morgan fingerprint density at radius 2 is 1.74 bits per heavy atom. The van der Waals surface area contributed by atoms with Crippen LogP contribution in [0.5, 0.6) is 5.75 Å². The SMILES string of the molecule is Nc1nc2sc(CNC3CCN(C[C@@](O)(Cn4cncn4)c4ccccc4)CC3)cc2n(-c2ccc3c(c2)N(c2ccccc2)CCO3)c1=O. The van der Waals surface area contributed by atoms with Gasteiger partial charge in [0.05, 0.1) is 30.0 Å². The summed E-state index contributed by atoms with van der Waals surface area (Å²) in [6, 6.07) is 28.2. The minimum atomic E-state index is -1.10. The fourth-order valence-corrected chi connectivity index (χ4v) is 8.05. The largest absolute Gasteiger partial charge is 0.490 e. The van der Waals surface area contributed by atoms with Gasteiger partial charge in [-0.25, -0.2) is 14.6 Å². The molecule has 12 nitrogen and oxygen atoms in total. The van der Waals surface area contributed by atoms with Gasteiger partial charge in [-0.15, -0.1) is 11.3 Å². The summed E-state index contributed by atoms with van der Waals surface area (Å²) < 4.78 is 9.34. The van der Waals surface area contributed by atoms with Crippen LogP contribution in [-0.2, 0) is 18.7 Å². The molecule has 1 atom stereocenters.